The predicted molar refractivity (Wildman–Crippen MR) is 136 cm³/mol. The molecule has 0 spiro atoms. The maximum atomic E-state index is 15.2. The molecule has 0 radical (unpaired) electrons. The van der Waals surface area contributed by atoms with E-state index in [2.05, 4.69) is 6.92 Å². The summed E-state index contributed by atoms with van der Waals surface area (Å²) < 4.78 is 42.5. The van der Waals surface area contributed by atoms with Gasteiger partial charge in [-0.2, -0.15) is 0 Å². The Morgan fingerprint density at radius 3 is 1.74 bits per heavy atom. The van der Waals surface area contributed by atoms with Gasteiger partial charge in [0, 0.05) is 12.0 Å². The first-order chi connectivity index (χ1) is 16.9. The zero-order valence-electron chi connectivity index (χ0n) is 21.8. The Balaban J connectivity index is 1.29. The van der Waals surface area contributed by atoms with Gasteiger partial charge in [0.15, 0.2) is 5.78 Å². The number of alkyl halides is 2. The lowest BCUT2D eigenvalue weighted by atomic mass is 9.64. The molecule has 3 fully saturated rings. The third-order valence-electron chi connectivity index (χ3n) is 10.00. The average molecular weight is 491 g/mol. The fourth-order valence-electron chi connectivity index (χ4n) is 7.92. The van der Waals surface area contributed by atoms with Crippen LogP contribution < -0.4 is 0 Å². The van der Waals surface area contributed by atoms with Crippen molar-refractivity contribution in [3.63, 3.8) is 0 Å². The van der Waals surface area contributed by atoms with Gasteiger partial charge < -0.3 is 0 Å². The molecule has 196 valence electrons. The molecular weight excluding hydrogens is 445 g/mol. The molecule has 4 rings (SSSR count). The van der Waals surface area contributed by atoms with Crippen LogP contribution in [0, 0.1) is 35.4 Å². The number of halogens is 3. The molecule has 0 aromatic heterocycles. The van der Waals surface area contributed by atoms with E-state index in [1.54, 1.807) is 13.0 Å². The van der Waals surface area contributed by atoms with Crippen LogP contribution in [0.3, 0.4) is 0 Å². The number of ketones is 1. The number of Topliss-reactive ketones (excluding diaryl/α,β-unsaturated/α-hetero) is 1. The van der Waals surface area contributed by atoms with Crippen LogP contribution in [0.4, 0.5) is 13.2 Å². The molecule has 1 aromatic rings. The van der Waals surface area contributed by atoms with Crippen LogP contribution in [-0.4, -0.2) is 5.78 Å². The molecule has 1 nitrogen and oxygen atoms in total. The van der Waals surface area contributed by atoms with Gasteiger partial charge in [0.05, 0.1) is 5.56 Å². The van der Waals surface area contributed by atoms with Crippen LogP contribution in [0.15, 0.2) is 12.1 Å². The SMILES string of the molecule is CCCC1CCC(C2CCC(C3CCC(c4ccc(C(=O)CC)c(C(F)F)c4F)CC3)CC2)CC1. The highest BCUT2D eigenvalue weighted by Crippen LogP contribution is 2.48. The number of carbonyl (C=O) groups is 1. The molecule has 0 aliphatic heterocycles. The lowest BCUT2D eigenvalue weighted by molar-refractivity contribution is 0.0970. The lowest BCUT2D eigenvalue weighted by Crippen LogP contribution is -2.29. The molecule has 0 N–H and O–H groups in total. The monoisotopic (exact) mass is 490 g/mol. The smallest absolute Gasteiger partial charge is 0.267 e. The van der Waals surface area contributed by atoms with Gasteiger partial charge in [-0.05, 0) is 105 Å². The molecule has 35 heavy (non-hydrogen) atoms. The number of rotatable bonds is 8. The molecule has 0 heterocycles. The standard InChI is InChI=1S/C31H45F3O/c1-3-5-20-6-8-21(9-7-20)22-10-12-23(13-11-22)24-14-16-25(17-15-24)26-18-19-27(28(35)4-2)29(30(26)32)31(33)34/h18-25,31H,3-17H2,1-2H3. The number of carbonyl (C=O) groups excluding carboxylic acids is 1. The van der Waals surface area contributed by atoms with Crippen molar-refractivity contribution in [3.05, 3.63) is 34.6 Å². The second-order valence-corrected chi connectivity index (χ2v) is 11.9. The molecule has 0 bridgehead atoms. The minimum absolute atomic E-state index is 0.0100. The van der Waals surface area contributed by atoms with Crippen molar-refractivity contribution >= 4 is 5.78 Å². The minimum atomic E-state index is -2.96. The summed E-state index contributed by atoms with van der Waals surface area (Å²) in [5, 5.41) is 0. The maximum Gasteiger partial charge on any atom is 0.267 e. The summed E-state index contributed by atoms with van der Waals surface area (Å²) in [5.74, 6) is 3.08. The second-order valence-electron chi connectivity index (χ2n) is 11.9. The van der Waals surface area contributed by atoms with Gasteiger partial charge in [0.1, 0.15) is 5.82 Å². The highest BCUT2D eigenvalue weighted by Gasteiger charge is 2.36. The molecule has 3 aliphatic carbocycles. The van der Waals surface area contributed by atoms with E-state index in [4.69, 9.17) is 0 Å². The fourth-order valence-corrected chi connectivity index (χ4v) is 7.92. The molecule has 3 saturated carbocycles. The van der Waals surface area contributed by atoms with E-state index in [0.717, 1.165) is 49.4 Å². The highest BCUT2D eigenvalue weighted by molar-refractivity contribution is 5.97. The van der Waals surface area contributed by atoms with E-state index in [0.29, 0.717) is 11.5 Å². The highest BCUT2D eigenvalue weighted by atomic mass is 19.3. The first kappa shape index (κ1) is 26.7. The maximum absolute atomic E-state index is 15.2. The van der Waals surface area contributed by atoms with Crippen LogP contribution >= 0.6 is 0 Å². The summed E-state index contributed by atoms with van der Waals surface area (Å²) in [4.78, 5) is 12.1. The Kier molecular flexibility index (Phi) is 9.38. The number of benzene rings is 1. The summed E-state index contributed by atoms with van der Waals surface area (Å²) in [6.07, 6.45) is 15.0. The Morgan fingerprint density at radius 2 is 1.29 bits per heavy atom. The topological polar surface area (TPSA) is 17.1 Å². The van der Waals surface area contributed by atoms with E-state index in [1.165, 1.54) is 70.3 Å². The van der Waals surface area contributed by atoms with E-state index in [-0.39, 0.29) is 17.9 Å². The fraction of sp³-hybridized carbons (Fsp3) is 0.774. The van der Waals surface area contributed by atoms with Crippen molar-refractivity contribution in [2.24, 2.45) is 29.6 Å². The van der Waals surface area contributed by atoms with Crippen molar-refractivity contribution in [2.45, 2.75) is 123 Å². The Labute approximate surface area is 210 Å². The van der Waals surface area contributed by atoms with Gasteiger partial charge in [-0.25, -0.2) is 13.2 Å². The van der Waals surface area contributed by atoms with Gasteiger partial charge in [-0.1, -0.05) is 51.7 Å². The van der Waals surface area contributed by atoms with E-state index in [9.17, 15) is 13.6 Å². The zero-order valence-corrected chi connectivity index (χ0v) is 21.8. The summed E-state index contributed by atoms with van der Waals surface area (Å²) >= 11 is 0. The predicted octanol–water partition coefficient (Wildman–Crippen LogP) is 10.0. The Morgan fingerprint density at radius 1 is 0.800 bits per heavy atom. The quantitative estimate of drug-likeness (QED) is 0.331. The van der Waals surface area contributed by atoms with Crippen molar-refractivity contribution in [3.8, 4) is 0 Å². The van der Waals surface area contributed by atoms with E-state index in [1.807, 2.05) is 0 Å². The third kappa shape index (κ3) is 6.16. The molecule has 0 saturated heterocycles. The van der Waals surface area contributed by atoms with Crippen LogP contribution in [0.1, 0.15) is 144 Å². The first-order valence-corrected chi connectivity index (χ1v) is 14.6. The van der Waals surface area contributed by atoms with Gasteiger partial charge in [-0.3, -0.25) is 4.79 Å². The first-order valence-electron chi connectivity index (χ1n) is 14.6. The lowest BCUT2D eigenvalue weighted by Gasteiger charge is -2.41. The van der Waals surface area contributed by atoms with Crippen molar-refractivity contribution in [2.75, 3.05) is 0 Å². The minimum Gasteiger partial charge on any atom is -0.294 e. The summed E-state index contributed by atoms with van der Waals surface area (Å²) in [7, 11) is 0. The molecular formula is C31H45F3O. The van der Waals surface area contributed by atoms with Crippen LogP contribution in [-0.2, 0) is 0 Å². The van der Waals surface area contributed by atoms with Gasteiger partial charge >= 0.3 is 0 Å². The molecule has 4 heteroatoms. The summed E-state index contributed by atoms with van der Waals surface area (Å²) in [5.41, 5.74) is -0.430. The van der Waals surface area contributed by atoms with E-state index < -0.39 is 23.6 Å². The molecule has 1 aromatic carbocycles. The molecule has 0 amide bonds. The summed E-state index contributed by atoms with van der Waals surface area (Å²) in [6.45, 7) is 3.93. The largest absolute Gasteiger partial charge is 0.294 e. The zero-order chi connectivity index (χ0) is 24.9. The Bertz CT molecular complexity index is 826. The Hall–Kier alpha value is -1.32. The van der Waals surface area contributed by atoms with Crippen molar-refractivity contribution < 1.29 is 18.0 Å². The molecule has 0 atom stereocenters. The van der Waals surface area contributed by atoms with Crippen molar-refractivity contribution in [1.29, 1.82) is 0 Å². The van der Waals surface area contributed by atoms with Gasteiger partial charge in [0.2, 0.25) is 0 Å². The molecule has 0 unspecified atom stereocenters. The average Bonchev–Trinajstić information content (AvgIpc) is 2.88. The number of hydrogen-bond donors (Lipinski definition) is 0. The van der Waals surface area contributed by atoms with Gasteiger partial charge in [0.25, 0.3) is 6.43 Å². The van der Waals surface area contributed by atoms with Crippen LogP contribution in [0.25, 0.3) is 0 Å². The van der Waals surface area contributed by atoms with E-state index >= 15 is 4.39 Å². The third-order valence-corrected chi connectivity index (χ3v) is 10.00. The van der Waals surface area contributed by atoms with Crippen LogP contribution in [0.2, 0.25) is 0 Å². The molecule has 3 aliphatic rings. The number of hydrogen-bond acceptors (Lipinski definition) is 1. The van der Waals surface area contributed by atoms with Gasteiger partial charge in [-0.15, -0.1) is 0 Å². The van der Waals surface area contributed by atoms with Crippen molar-refractivity contribution in [1.82, 2.24) is 0 Å². The normalized spacial score (nSPS) is 32.1. The second kappa shape index (κ2) is 12.3. The summed E-state index contributed by atoms with van der Waals surface area (Å²) in [6, 6.07) is 3.05. The van der Waals surface area contributed by atoms with Crippen LogP contribution in [0.5, 0.6) is 0 Å².